The third-order valence-corrected chi connectivity index (χ3v) is 5.71. The summed E-state index contributed by atoms with van der Waals surface area (Å²) in [4.78, 5) is 27.0. The number of aromatic amines is 1. The third kappa shape index (κ3) is 4.02. The van der Waals surface area contributed by atoms with Crippen molar-refractivity contribution in [3.8, 4) is 22.6 Å². The molecule has 0 saturated heterocycles. The molecule has 3 N–H and O–H groups in total. The van der Waals surface area contributed by atoms with Crippen molar-refractivity contribution in [3.05, 3.63) is 99.9 Å². The zero-order valence-electron chi connectivity index (χ0n) is 17.4. The second-order valence-electron chi connectivity index (χ2n) is 7.95. The zero-order chi connectivity index (χ0) is 22.1. The van der Waals surface area contributed by atoms with Gasteiger partial charge >= 0.3 is 0 Å². The fourth-order valence-corrected chi connectivity index (χ4v) is 4.00. The molecule has 32 heavy (non-hydrogen) atoms. The number of fused-ring (bicyclic) bond motifs is 1. The maximum absolute atomic E-state index is 14.0. The van der Waals surface area contributed by atoms with E-state index in [0.717, 1.165) is 23.4 Å². The minimum absolute atomic E-state index is 0.112. The van der Waals surface area contributed by atoms with Gasteiger partial charge in [0, 0.05) is 49.1 Å². The van der Waals surface area contributed by atoms with Crippen LogP contribution in [0.2, 0.25) is 0 Å². The SMILES string of the molecule is Nc1ccc(-c2nc3c(c(=O)[nH]2)CN(Cc2ccc(-c4ccccc4F)nc2)CC3)cc1. The monoisotopic (exact) mass is 427 g/mol. The quantitative estimate of drug-likeness (QED) is 0.484. The van der Waals surface area contributed by atoms with Crippen LogP contribution in [0.15, 0.2) is 71.7 Å². The van der Waals surface area contributed by atoms with Gasteiger partial charge in [0.25, 0.3) is 5.56 Å². The van der Waals surface area contributed by atoms with E-state index in [4.69, 9.17) is 10.7 Å². The summed E-state index contributed by atoms with van der Waals surface area (Å²) in [6.45, 7) is 1.97. The van der Waals surface area contributed by atoms with Crippen molar-refractivity contribution in [1.82, 2.24) is 19.9 Å². The number of rotatable bonds is 4. The van der Waals surface area contributed by atoms with E-state index in [1.54, 1.807) is 36.5 Å². The van der Waals surface area contributed by atoms with Crippen molar-refractivity contribution in [2.45, 2.75) is 19.5 Å². The number of halogens is 1. The Morgan fingerprint density at radius 3 is 2.62 bits per heavy atom. The maximum atomic E-state index is 14.0. The van der Waals surface area contributed by atoms with Gasteiger partial charge in [-0.25, -0.2) is 9.37 Å². The van der Waals surface area contributed by atoms with Gasteiger partial charge in [0.05, 0.1) is 17.0 Å². The van der Waals surface area contributed by atoms with Gasteiger partial charge in [-0.3, -0.25) is 14.7 Å². The van der Waals surface area contributed by atoms with Crippen LogP contribution in [0.4, 0.5) is 10.1 Å². The molecule has 6 nitrogen and oxygen atoms in total. The summed E-state index contributed by atoms with van der Waals surface area (Å²) in [5.74, 6) is 0.278. The molecule has 2 aromatic carbocycles. The van der Waals surface area contributed by atoms with Crippen LogP contribution in [0.1, 0.15) is 16.8 Å². The number of nitrogens with one attached hydrogen (secondary N) is 1. The summed E-state index contributed by atoms with van der Waals surface area (Å²) in [5.41, 5.74) is 10.8. The zero-order valence-corrected chi connectivity index (χ0v) is 17.4. The van der Waals surface area contributed by atoms with Crippen LogP contribution < -0.4 is 11.3 Å². The molecular weight excluding hydrogens is 405 g/mol. The van der Waals surface area contributed by atoms with Crippen molar-refractivity contribution in [2.75, 3.05) is 12.3 Å². The molecule has 0 spiro atoms. The molecule has 4 aromatic rings. The molecule has 0 unspecified atom stereocenters. The van der Waals surface area contributed by atoms with E-state index in [2.05, 4.69) is 14.9 Å². The molecule has 0 atom stereocenters. The Morgan fingerprint density at radius 1 is 1.06 bits per heavy atom. The van der Waals surface area contributed by atoms with Crippen LogP contribution in [-0.2, 0) is 19.5 Å². The molecule has 5 rings (SSSR count). The van der Waals surface area contributed by atoms with Gasteiger partial charge in [0.2, 0.25) is 0 Å². The van der Waals surface area contributed by atoms with Crippen LogP contribution >= 0.6 is 0 Å². The standard InChI is InChI=1S/C25H22FN5O/c26-21-4-2-1-3-19(21)22-10-5-16(13-28-22)14-31-12-11-23-20(15-31)25(32)30-24(29-23)17-6-8-18(27)9-7-17/h1-10,13H,11-12,14-15,27H2,(H,29,30,32). The van der Waals surface area contributed by atoms with Gasteiger partial charge in [-0.2, -0.15) is 0 Å². The third-order valence-electron chi connectivity index (χ3n) is 5.71. The first kappa shape index (κ1) is 20.1. The van der Waals surface area contributed by atoms with E-state index < -0.39 is 0 Å². The number of anilines is 1. The number of H-pyrrole nitrogens is 1. The Hall–Kier alpha value is -3.84. The Bertz CT molecular complexity index is 1320. The molecule has 0 fully saturated rings. The number of nitrogens with two attached hydrogens (primary N) is 1. The highest BCUT2D eigenvalue weighted by atomic mass is 19.1. The predicted molar refractivity (Wildman–Crippen MR) is 122 cm³/mol. The molecule has 0 aliphatic carbocycles. The van der Waals surface area contributed by atoms with E-state index in [1.807, 2.05) is 24.3 Å². The highest BCUT2D eigenvalue weighted by Gasteiger charge is 2.21. The first-order valence-corrected chi connectivity index (χ1v) is 10.5. The molecule has 3 heterocycles. The summed E-state index contributed by atoms with van der Waals surface area (Å²) in [6, 6.07) is 17.7. The lowest BCUT2D eigenvalue weighted by atomic mass is 10.1. The minimum atomic E-state index is -0.287. The van der Waals surface area contributed by atoms with Gasteiger partial charge in [-0.1, -0.05) is 18.2 Å². The van der Waals surface area contributed by atoms with E-state index in [-0.39, 0.29) is 11.4 Å². The normalized spacial score (nSPS) is 13.7. The first-order valence-electron chi connectivity index (χ1n) is 10.5. The fourth-order valence-electron chi connectivity index (χ4n) is 4.00. The molecule has 7 heteroatoms. The van der Waals surface area contributed by atoms with Crippen molar-refractivity contribution in [1.29, 1.82) is 0 Å². The average molecular weight is 427 g/mol. The Kier molecular flexibility index (Phi) is 5.25. The first-order chi connectivity index (χ1) is 15.6. The van der Waals surface area contributed by atoms with Gasteiger partial charge in [-0.05, 0) is 48.0 Å². The lowest BCUT2D eigenvalue weighted by molar-refractivity contribution is 0.241. The van der Waals surface area contributed by atoms with Gasteiger partial charge in [0.15, 0.2) is 0 Å². The number of hydrogen-bond acceptors (Lipinski definition) is 5. The second-order valence-corrected chi connectivity index (χ2v) is 7.95. The average Bonchev–Trinajstić information content (AvgIpc) is 2.81. The van der Waals surface area contributed by atoms with Crippen LogP contribution in [0.3, 0.4) is 0 Å². The Labute approximate surface area is 184 Å². The number of nitrogen functional groups attached to an aromatic ring is 1. The summed E-state index contributed by atoms with van der Waals surface area (Å²) >= 11 is 0. The van der Waals surface area contributed by atoms with Crippen molar-refractivity contribution < 1.29 is 4.39 Å². The summed E-state index contributed by atoms with van der Waals surface area (Å²) in [5, 5.41) is 0. The highest BCUT2D eigenvalue weighted by molar-refractivity contribution is 5.60. The molecule has 0 radical (unpaired) electrons. The molecule has 0 amide bonds. The molecule has 160 valence electrons. The van der Waals surface area contributed by atoms with Gasteiger partial charge in [-0.15, -0.1) is 0 Å². The topological polar surface area (TPSA) is 87.9 Å². The number of aromatic nitrogens is 3. The lowest BCUT2D eigenvalue weighted by Crippen LogP contribution is -2.35. The summed E-state index contributed by atoms with van der Waals surface area (Å²) < 4.78 is 14.0. The van der Waals surface area contributed by atoms with Gasteiger partial charge in [0.1, 0.15) is 11.6 Å². The molecular formula is C25H22FN5O. The fraction of sp³-hybridized carbons (Fsp3) is 0.160. The maximum Gasteiger partial charge on any atom is 0.255 e. The van der Waals surface area contributed by atoms with E-state index in [9.17, 15) is 9.18 Å². The smallest absolute Gasteiger partial charge is 0.255 e. The molecule has 2 aromatic heterocycles. The van der Waals surface area contributed by atoms with Crippen LogP contribution in [-0.4, -0.2) is 26.4 Å². The Balaban J connectivity index is 1.32. The van der Waals surface area contributed by atoms with E-state index >= 15 is 0 Å². The van der Waals surface area contributed by atoms with Gasteiger partial charge < -0.3 is 10.7 Å². The number of hydrogen-bond donors (Lipinski definition) is 2. The number of pyridine rings is 1. The summed E-state index contributed by atoms with van der Waals surface area (Å²) in [7, 11) is 0. The Morgan fingerprint density at radius 2 is 1.88 bits per heavy atom. The van der Waals surface area contributed by atoms with E-state index in [0.29, 0.717) is 47.8 Å². The summed E-state index contributed by atoms with van der Waals surface area (Å²) in [6.07, 6.45) is 2.46. The van der Waals surface area contributed by atoms with Crippen molar-refractivity contribution >= 4 is 5.69 Å². The molecule has 1 aliphatic heterocycles. The van der Waals surface area contributed by atoms with Crippen LogP contribution in [0.25, 0.3) is 22.6 Å². The highest BCUT2D eigenvalue weighted by Crippen LogP contribution is 2.23. The van der Waals surface area contributed by atoms with Crippen LogP contribution in [0.5, 0.6) is 0 Å². The second kappa shape index (κ2) is 8.36. The van der Waals surface area contributed by atoms with Crippen LogP contribution in [0, 0.1) is 5.82 Å². The number of nitrogens with zero attached hydrogens (tertiary/aromatic N) is 3. The van der Waals surface area contributed by atoms with Crippen molar-refractivity contribution in [3.63, 3.8) is 0 Å². The minimum Gasteiger partial charge on any atom is -0.399 e. The largest absolute Gasteiger partial charge is 0.399 e. The predicted octanol–water partition coefficient (Wildman–Crippen LogP) is 3.78. The lowest BCUT2D eigenvalue weighted by Gasteiger charge is -2.27. The molecule has 0 bridgehead atoms. The number of benzene rings is 2. The van der Waals surface area contributed by atoms with Crippen molar-refractivity contribution in [2.24, 2.45) is 0 Å². The van der Waals surface area contributed by atoms with E-state index in [1.165, 1.54) is 6.07 Å². The molecule has 0 saturated carbocycles. The molecule has 1 aliphatic rings.